The highest BCUT2D eigenvalue weighted by Gasteiger charge is 2.13. The molecule has 2 aromatic rings. The maximum absolute atomic E-state index is 11.0. The van der Waals surface area contributed by atoms with Crippen molar-refractivity contribution in [1.82, 2.24) is 9.97 Å². The van der Waals surface area contributed by atoms with Gasteiger partial charge in [0.25, 0.3) is 0 Å². The third kappa shape index (κ3) is 2.89. The molecule has 0 saturated carbocycles. The van der Waals surface area contributed by atoms with Gasteiger partial charge in [-0.15, -0.1) is 0 Å². The molecule has 7 heteroatoms. The predicted molar refractivity (Wildman–Crippen MR) is 73.1 cm³/mol. The fraction of sp³-hybridized carbons (Fsp3) is 0.0769. The van der Waals surface area contributed by atoms with Crippen molar-refractivity contribution in [3.05, 3.63) is 36.2 Å². The molecule has 0 aliphatic rings. The number of amides is 1. The van der Waals surface area contributed by atoms with E-state index in [-0.39, 0.29) is 23.1 Å². The van der Waals surface area contributed by atoms with E-state index in [1.807, 2.05) is 0 Å². The number of anilines is 2. The molecule has 0 radical (unpaired) electrons. The zero-order chi connectivity index (χ0) is 14.7. The first-order valence-electron chi connectivity index (χ1n) is 5.71. The number of carboxylic acid groups (broad SMARTS) is 1. The SMILES string of the molecule is CC(=O)Nc1cccc(-c2ncc(N)c(C(=O)O)n2)c1. The van der Waals surface area contributed by atoms with Crippen LogP contribution in [0.5, 0.6) is 0 Å². The van der Waals surface area contributed by atoms with Gasteiger partial charge in [0, 0.05) is 18.2 Å². The maximum Gasteiger partial charge on any atom is 0.356 e. The lowest BCUT2D eigenvalue weighted by atomic mass is 10.2. The van der Waals surface area contributed by atoms with Crippen LogP contribution in [-0.2, 0) is 4.79 Å². The van der Waals surface area contributed by atoms with Gasteiger partial charge in [0.15, 0.2) is 11.5 Å². The van der Waals surface area contributed by atoms with Crippen molar-refractivity contribution in [2.24, 2.45) is 0 Å². The summed E-state index contributed by atoms with van der Waals surface area (Å²) < 4.78 is 0. The monoisotopic (exact) mass is 272 g/mol. The molecule has 0 spiro atoms. The molecule has 1 heterocycles. The Balaban J connectivity index is 2.43. The minimum absolute atomic E-state index is 0.000680. The molecule has 102 valence electrons. The Bertz CT molecular complexity index is 685. The smallest absolute Gasteiger partial charge is 0.356 e. The van der Waals surface area contributed by atoms with Gasteiger partial charge in [-0.25, -0.2) is 14.8 Å². The number of nitrogens with zero attached hydrogens (tertiary/aromatic N) is 2. The number of carbonyl (C=O) groups is 2. The summed E-state index contributed by atoms with van der Waals surface area (Å²) in [5.41, 5.74) is 6.41. The number of nitrogen functional groups attached to an aromatic ring is 1. The molecule has 0 atom stereocenters. The fourth-order valence-corrected chi connectivity index (χ4v) is 1.64. The molecule has 20 heavy (non-hydrogen) atoms. The van der Waals surface area contributed by atoms with Crippen LogP contribution < -0.4 is 11.1 Å². The van der Waals surface area contributed by atoms with Gasteiger partial charge in [0.2, 0.25) is 5.91 Å². The van der Waals surface area contributed by atoms with E-state index in [2.05, 4.69) is 15.3 Å². The van der Waals surface area contributed by atoms with E-state index in [9.17, 15) is 9.59 Å². The highest BCUT2D eigenvalue weighted by Crippen LogP contribution is 2.21. The summed E-state index contributed by atoms with van der Waals surface area (Å²) in [5.74, 6) is -1.19. The van der Waals surface area contributed by atoms with Gasteiger partial charge in [0.05, 0.1) is 11.9 Å². The number of benzene rings is 1. The highest BCUT2D eigenvalue weighted by atomic mass is 16.4. The van der Waals surface area contributed by atoms with Crippen molar-refractivity contribution < 1.29 is 14.7 Å². The first-order chi connectivity index (χ1) is 9.47. The van der Waals surface area contributed by atoms with Gasteiger partial charge in [-0.2, -0.15) is 0 Å². The summed E-state index contributed by atoms with van der Waals surface area (Å²) in [6, 6.07) is 6.78. The summed E-state index contributed by atoms with van der Waals surface area (Å²) in [7, 11) is 0. The molecule has 0 bridgehead atoms. The summed E-state index contributed by atoms with van der Waals surface area (Å²) in [4.78, 5) is 29.9. The minimum atomic E-state index is -1.22. The van der Waals surface area contributed by atoms with Crippen LogP contribution in [0.1, 0.15) is 17.4 Å². The first kappa shape index (κ1) is 13.5. The van der Waals surface area contributed by atoms with Crippen LogP contribution in [0.4, 0.5) is 11.4 Å². The van der Waals surface area contributed by atoms with Gasteiger partial charge >= 0.3 is 5.97 Å². The normalized spacial score (nSPS) is 10.1. The van der Waals surface area contributed by atoms with Crippen molar-refractivity contribution >= 4 is 23.3 Å². The molecule has 7 nitrogen and oxygen atoms in total. The molecule has 4 N–H and O–H groups in total. The Labute approximate surface area is 114 Å². The molecule has 1 amide bonds. The van der Waals surface area contributed by atoms with Crippen molar-refractivity contribution in [2.45, 2.75) is 6.92 Å². The fourth-order valence-electron chi connectivity index (χ4n) is 1.64. The number of aromatic nitrogens is 2. The second-order valence-electron chi connectivity index (χ2n) is 4.06. The Morgan fingerprint density at radius 2 is 2.10 bits per heavy atom. The number of hydrogen-bond donors (Lipinski definition) is 3. The van der Waals surface area contributed by atoms with Crippen molar-refractivity contribution in [1.29, 1.82) is 0 Å². The average Bonchev–Trinajstić information content (AvgIpc) is 2.38. The molecular formula is C13H12N4O3. The van der Waals surface area contributed by atoms with Crippen LogP contribution in [0.25, 0.3) is 11.4 Å². The zero-order valence-corrected chi connectivity index (χ0v) is 10.6. The number of aromatic carboxylic acids is 1. The quantitative estimate of drug-likeness (QED) is 0.776. The van der Waals surface area contributed by atoms with Gasteiger partial charge in [-0.05, 0) is 12.1 Å². The van der Waals surface area contributed by atoms with E-state index in [1.54, 1.807) is 24.3 Å². The lowest BCUT2D eigenvalue weighted by Crippen LogP contribution is -2.08. The zero-order valence-electron chi connectivity index (χ0n) is 10.6. The van der Waals surface area contributed by atoms with Crippen molar-refractivity contribution in [3.63, 3.8) is 0 Å². The molecule has 0 saturated heterocycles. The summed E-state index contributed by atoms with van der Waals surface area (Å²) >= 11 is 0. The number of hydrogen-bond acceptors (Lipinski definition) is 5. The summed E-state index contributed by atoms with van der Waals surface area (Å²) in [6.45, 7) is 1.40. The van der Waals surface area contributed by atoms with E-state index in [0.717, 1.165) is 0 Å². The second-order valence-corrected chi connectivity index (χ2v) is 4.06. The predicted octanol–water partition coefficient (Wildman–Crippen LogP) is 1.38. The number of rotatable bonds is 3. The number of carbonyl (C=O) groups excluding carboxylic acids is 1. The Morgan fingerprint density at radius 1 is 1.35 bits per heavy atom. The van der Waals surface area contributed by atoms with Crippen LogP contribution in [0, 0.1) is 0 Å². The van der Waals surface area contributed by atoms with Crippen LogP contribution in [0.2, 0.25) is 0 Å². The largest absolute Gasteiger partial charge is 0.476 e. The van der Waals surface area contributed by atoms with E-state index in [0.29, 0.717) is 11.3 Å². The Kier molecular flexibility index (Phi) is 3.60. The van der Waals surface area contributed by atoms with Crippen LogP contribution >= 0.6 is 0 Å². The Hall–Kier alpha value is -2.96. The first-order valence-corrected chi connectivity index (χ1v) is 5.71. The summed E-state index contributed by atoms with van der Waals surface area (Å²) in [6.07, 6.45) is 1.25. The third-order valence-corrected chi connectivity index (χ3v) is 2.46. The lowest BCUT2D eigenvalue weighted by Gasteiger charge is -2.06. The van der Waals surface area contributed by atoms with Crippen LogP contribution in [0.3, 0.4) is 0 Å². The Morgan fingerprint density at radius 3 is 2.75 bits per heavy atom. The molecule has 1 aromatic heterocycles. The average molecular weight is 272 g/mol. The van der Waals surface area contributed by atoms with Crippen LogP contribution in [-0.4, -0.2) is 27.0 Å². The van der Waals surface area contributed by atoms with Gasteiger partial charge in [-0.1, -0.05) is 12.1 Å². The molecule has 2 rings (SSSR count). The third-order valence-electron chi connectivity index (χ3n) is 2.46. The van der Waals surface area contributed by atoms with Gasteiger partial charge < -0.3 is 16.2 Å². The van der Waals surface area contributed by atoms with Gasteiger partial charge in [0.1, 0.15) is 0 Å². The van der Waals surface area contributed by atoms with Crippen molar-refractivity contribution in [3.8, 4) is 11.4 Å². The number of carboxylic acids is 1. The van der Waals surface area contributed by atoms with Crippen molar-refractivity contribution in [2.75, 3.05) is 11.1 Å². The standard InChI is InChI=1S/C13H12N4O3/c1-7(18)16-9-4-2-3-8(5-9)12-15-6-10(14)11(17-12)13(19)20/h2-6H,14H2,1H3,(H,16,18)(H,19,20). The number of nitrogens with one attached hydrogen (secondary N) is 1. The minimum Gasteiger partial charge on any atom is -0.476 e. The van der Waals surface area contributed by atoms with E-state index in [1.165, 1.54) is 13.1 Å². The molecule has 0 aliphatic carbocycles. The molecule has 0 unspecified atom stereocenters. The van der Waals surface area contributed by atoms with E-state index < -0.39 is 5.97 Å². The number of nitrogens with two attached hydrogens (primary N) is 1. The van der Waals surface area contributed by atoms with Crippen LogP contribution in [0.15, 0.2) is 30.5 Å². The molecule has 0 fully saturated rings. The molecule has 0 aliphatic heterocycles. The maximum atomic E-state index is 11.0. The summed E-state index contributed by atoms with van der Waals surface area (Å²) in [5, 5.41) is 11.6. The van der Waals surface area contributed by atoms with Gasteiger partial charge in [-0.3, -0.25) is 4.79 Å². The van der Waals surface area contributed by atoms with E-state index >= 15 is 0 Å². The topological polar surface area (TPSA) is 118 Å². The molecular weight excluding hydrogens is 260 g/mol. The molecule has 1 aromatic carbocycles. The van der Waals surface area contributed by atoms with E-state index in [4.69, 9.17) is 10.8 Å². The highest BCUT2D eigenvalue weighted by molar-refractivity contribution is 5.92. The lowest BCUT2D eigenvalue weighted by molar-refractivity contribution is -0.114. The second kappa shape index (κ2) is 5.35.